The lowest BCUT2D eigenvalue weighted by Crippen LogP contribution is -2.49. The number of aromatic nitrogens is 2. The number of amides is 3. The van der Waals surface area contributed by atoms with Crippen molar-refractivity contribution in [2.24, 2.45) is 0 Å². The van der Waals surface area contributed by atoms with E-state index in [4.69, 9.17) is 0 Å². The molecule has 0 bridgehead atoms. The number of nitrogens with one attached hydrogen (secondary N) is 2. The third kappa shape index (κ3) is 1.37. The summed E-state index contributed by atoms with van der Waals surface area (Å²) >= 11 is 0. The zero-order valence-corrected chi connectivity index (χ0v) is 6.78. The number of nitrogens with zero attached hydrogens (tertiary/aromatic N) is 2. The Morgan fingerprint density at radius 1 is 1.46 bits per heavy atom. The third-order valence-corrected chi connectivity index (χ3v) is 1.85. The molecule has 0 spiro atoms. The van der Waals surface area contributed by atoms with E-state index in [-0.39, 0.29) is 5.91 Å². The summed E-state index contributed by atoms with van der Waals surface area (Å²) in [6, 6.07) is -0.391. The predicted octanol–water partition coefficient (Wildman–Crippen LogP) is -0.144. The van der Waals surface area contributed by atoms with Gasteiger partial charge in [0, 0.05) is 19.2 Å². The molecule has 6 nitrogen and oxygen atoms in total. The van der Waals surface area contributed by atoms with Gasteiger partial charge in [0.2, 0.25) is 5.91 Å². The first-order chi connectivity index (χ1) is 6.27. The van der Waals surface area contributed by atoms with Gasteiger partial charge in [-0.15, -0.1) is 0 Å². The van der Waals surface area contributed by atoms with Gasteiger partial charge < -0.3 is 0 Å². The molecule has 0 aromatic carbocycles. The van der Waals surface area contributed by atoms with E-state index in [9.17, 15) is 9.59 Å². The van der Waals surface area contributed by atoms with Crippen LogP contribution < -0.4 is 10.2 Å². The maximum absolute atomic E-state index is 11.3. The van der Waals surface area contributed by atoms with Gasteiger partial charge in [-0.05, 0) is 0 Å². The van der Waals surface area contributed by atoms with E-state index in [0.717, 1.165) is 0 Å². The molecular formula is C7H8N4O2. The van der Waals surface area contributed by atoms with Crippen LogP contribution in [0.4, 0.5) is 10.5 Å². The van der Waals surface area contributed by atoms with Gasteiger partial charge in [-0.3, -0.25) is 20.1 Å². The van der Waals surface area contributed by atoms with Crippen molar-refractivity contribution in [1.29, 1.82) is 0 Å². The Kier molecular flexibility index (Phi) is 1.73. The molecule has 0 atom stereocenters. The fraction of sp³-hybridized carbons (Fsp3) is 0.286. The highest BCUT2D eigenvalue weighted by atomic mass is 16.2. The van der Waals surface area contributed by atoms with Gasteiger partial charge in [-0.2, -0.15) is 5.10 Å². The van der Waals surface area contributed by atoms with E-state index in [1.165, 1.54) is 11.1 Å². The third-order valence-electron chi connectivity index (χ3n) is 1.85. The first-order valence-electron chi connectivity index (χ1n) is 3.87. The summed E-state index contributed by atoms with van der Waals surface area (Å²) in [5.41, 5.74) is 0.671. The second-order valence-corrected chi connectivity index (χ2v) is 2.71. The molecule has 13 heavy (non-hydrogen) atoms. The van der Waals surface area contributed by atoms with Crippen LogP contribution in [0.3, 0.4) is 0 Å². The molecule has 0 radical (unpaired) electrons. The molecule has 1 aromatic rings. The van der Waals surface area contributed by atoms with Crippen molar-refractivity contribution in [3.05, 3.63) is 12.4 Å². The number of hydrogen-bond donors (Lipinski definition) is 2. The van der Waals surface area contributed by atoms with Gasteiger partial charge in [0.25, 0.3) is 0 Å². The molecule has 2 rings (SSSR count). The molecule has 0 aliphatic carbocycles. The van der Waals surface area contributed by atoms with Crippen LogP contribution in [0, 0.1) is 0 Å². The Labute approximate surface area is 73.9 Å². The largest absolute Gasteiger partial charge is 0.328 e. The molecule has 3 amide bonds. The Hall–Kier alpha value is -1.85. The van der Waals surface area contributed by atoms with Crippen molar-refractivity contribution < 1.29 is 9.59 Å². The van der Waals surface area contributed by atoms with Crippen LogP contribution in [0.1, 0.15) is 6.42 Å². The number of rotatable bonds is 1. The average molecular weight is 180 g/mol. The zero-order valence-electron chi connectivity index (χ0n) is 6.78. The Morgan fingerprint density at radius 2 is 2.31 bits per heavy atom. The molecule has 1 aliphatic heterocycles. The fourth-order valence-corrected chi connectivity index (χ4v) is 1.20. The first-order valence-corrected chi connectivity index (χ1v) is 3.87. The number of hydrogen-bond acceptors (Lipinski definition) is 3. The van der Waals surface area contributed by atoms with E-state index in [2.05, 4.69) is 15.5 Å². The van der Waals surface area contributed by atoms with Crippen molar-refractivity contribution in [2.75, 3.05) is 11.4 Å². The van der Waals surface area contributed by atoms with E-state index in [0.29, 0.717) is 18.7 Å². The maximum atomic E-state index is 11.3. The number of imide groups is 1. The zero-order chi connectivity index (χ0) is 9.26. The number of carbonyl (C=O) groups is 2. The Balaban J connectivity index is 2.17. The minimum atomic E-state index is -0.391. The summed E-state index contributed by atoms with van der Waals surface area (Å²) < 4.78 is 0. The van der Waals surface area contributed by atoms with Gasteiger partial charge in [0.15, 0.2) is 0 Å². The number of aromatic amines is 1. The lowest BCUT2D eigenvalue weighted by atomic mass is 10.3. The molecular weight excluding hydrogens is 172 g/mol. The van der Waals surface area contributed by atoms with Crippen molar-refractivity contribution >= 4 is 17.6 Å². The minimum Gasteiger partial charge on any atom is -0.290 e. The smallest absolute Gasteiger partial charge is 0.290 e. The van der Waals surface area contributed by atoms with Gasteiger partial charge in [0.1, 0.15) is 0 Å². The van der Waals surface area contributed by atoms with E-state index >= 15 is 0 Å². The van der Waals surface area contributed by atoms with Crippen molar-refractivity contribution in [3.63, 3.8) is 0 Å². The van der Waals surface area contributed by atoms with E-state index < -0.39 is 6.03 Å². The summed E-state index contributed by atoms with van der Waals surface area (Å²) in [7, 11) is 0. The number of anilines is 1. The lowest BCUT2D eigenvalue weighted by molar-refractivity contribution is -0.120. The Morgan fingerprint density at radius 3 is 2.92 bits per heavy atom. The SMILES string of the molecule is O=C1CCN(c2cn[nH]c2)C(=O)N1. The summed E-state index contributed by atoms with van der Waals surface area (Å²) in [5, 5.41) is 8.55. The summed E-state index contributed by atoms with van der Waals surface area (Å²) in [6.45, 7) is 0.407. The van der Waals surface area contributed by atoms with E-state index in [1.807, 2.05) is 0 Å². The van der Waals surface area contributed by atoms with Crippen LogP contribution in [0.25, 0.3) is 0 Å². The quantitative estimate of drug-likeness (QED) is 0.631. The van der Waals surface area contributed by atoms with E-state index in [1.54, 1.807) is 6.20 Å². The molecule has 2 N–H and O–H groups in total. The summed E-state index contributed by atoms with van der Waals surface area (Å²) in [6.07, 6.45) is 3.47. The Bertz CT molecular complexity index is 332. The summed E-state index contributed by atoms with van der Waals surface area (Å²) in [5.74, 6) is -0.232. The minimum absolute atomic E-state index is 0.232. The fourth-order valence-electron chi connectivity index (χ4n) is 1.20. The standard InChI is InChI=1S/C7H8N4O2/c12-6-1-2-11(7(13)10-6)5-3-8-9-4-5/h3-4H,1-2H2,(H,8,9)(H,10,12,13). The lowest BCUT2D eigenvalue weighted by Gasteiger charge is -2.24. The molecule has 1 saturated heterocycles. The number of carbonyl (C=O) groups excluding carboxylic acids is 2. The molecule has 2 heterocycles. The molecule has 68 valence electrons. The highest BCUT2D eigenvalue weighted by Gasteiger charge is 2.24. The molecule has 1 fully saturated rings. The van der Waals surface area contributed by atoms with Crippen LogP contribution in [-0.4, -0.2) is 28.7 Å². The second-order valence-electron chi connectivity index (χ2n) is 2.71. The van der Waals surface area contributed by atoms with Crippen LogP contribution in [-0.2, 0) is 4.79 Å². The number of H-pyrrole nitrogens is 1. The topological polar surface area (TPSA) is 78.1 Å². The molecule has 0 unspecified atom stereocenters. The normalized spacial score (nSPS) is 17.4. The van der Waals surface area contributed by atoms with Crippen LogP contribution >= 0.6 is 0 Å². The van der Waals surface area contributed by atoms with Crippen molar-refractivity contribution in [2.45, 2.75) is 6.42 Å². The van der Waals surface area contributed by atoms with Crippen LogP contribution in [0.15, 0.2) is 12.4 Å². The maximum Gasteiger partial charge on any atom is 0.328 e. The molecule has 6 heteroatoms. The average Bonchev–Trinajstić information content (AvgIpc) is 2.56. The highest BCUT2D eigenvalue weighted by molar-refractivity contribution is 6.05. The van der Waals surface area contributed by atoms with Crippen LogP contribution in [0.2, 0.25) is 0 Å². The first kappa shape index (κ1) is 7.78. The monoisotopic (exact) mass is 180 g/mol. The number of urea groups is 1. The molecule has 1 aliphatic rings. The van der Waals surface area contributed by atoms with Crippen molar-refractivity contribution in [3.8, 4) is 0 Å². The van der Waals surface area contributed by atoms with Crippen LogP contribution in [0.5, 0.6) is 0 Å². The second kappa shape index (κ2) is 2.89. The predicted molar refractivity (Wildman–Crippen MR) is 44.1 cm³/mol. The molecule has 1 aromatic heterocycles. The van der Waals surface area contributed by atoms with Gasteiger partial charge in [0.05, 0.1) is 11.9 Å². The van der Waals surface area contributed by atoms with Gasteiger partial charge >= 0.3 is 6.03 Å². The summed E-state index contributed by atoms with van der Waals surface area (Å²) in [4.78, 5) is 23.5. The molecule has 0 saturated carbocycles. The highest BCUT2D eigenvalue weighted by Crippen LogP contribution is 2.13. The van der Waals surface area contributed by atoms with Gasteiger partial charge in [-0.25, -0.2) is 4.79 Å². The van der Waals surface area contributed by atoms with Gasteiger partial charge in [-0.1, -0.05) is 0 Å². The van der Waals surface area contributed by atoms with Crippen molar-refractivity contribution in [1.82, 2.24) is 15.5 Å².